The van der Waals surface area contributed by atoms with Crippen LogP contribution in [-0.4, -0.2) is 58.6 Å². The first-order chi connectivity index (χ1) is 18.6. The summed E-state index contributed by atoms with van der Waals surface area (Å²) in [7, 11) is 2.10. The van der Waals surface area contributed by atoms with Crippen LogP contribution in [0, 0.1) is 0 Å². The van der Waals surface area contributed by atoms with Gasteiger partial charge in [-0.3, -0.25) is 0 Å². The summed E-state index contributed by atoms with van der Waals surface area (Å²) in [5.41, 5.74) is 4.73. The van der Waals surface area contributed by atoms with Crippen molar-refractivity contribution in [1.82, 2.24) is 19.7 Å². The third kappa shape index (κ3) is 4.53. The fourth-order valence-electron chi connectivity index (χ4n) is 5.41. The average Bonchev–Trinajstić information content (AvgIpc) is 3.31. The topological polar surface area (TPSA) is 82.4 Å². The number of nitrogens with zero attached hydrogens (tertiary/aromatic N) is 5. The number of fused-ring (bicyclic) bond motifs is 1. The predicted octanol–water partition coefficient (Wildman–Crippen LogP) is 5.54. The molecule has 38 heavy (non-hydrogen) atoms. The maximum atomic E-state index is 12.9. The van der Waals surface area contributed by atoms with Crippen molar-refractivity contribution in [3.63, 3.8) is 0 Å². The third-order valence-corrected chi connectivity index (χ3v) is 7.80. The summed E-state index contributed by atoms with van der Waals surface area (Å²) in [6, 6.07) is 16.4. The Morgan fingerprint density at radius 1 is 1.11 bits per heavy atom. The van der Waals surface area contributed by atoms with Gasteiger partial charge in [-0.1, -0.05) is 24.6 Å². The van der Waals surface area contributed by atoms with Crippen molar-refractivity contribution in [2.24, 2.45) is 0 Å². The van der Waals surface area contributed by atoms with Crippen molar-refractivity contribution in [2.45, 2.75) is 51.0 Å². The number of aromatic nitrogens is 4. The first kappa shape index (κ1) is 24.6. The van der Waals surface area contributed by atoms with E-state index in [1.54, 1.807) is 6.92 Å². The Kier molecular flexibility index (Phi) is 6.81. The molecule has 3 aromatic heterocycles. The van der Waals surface area contributed by atoms with Gasteiger partial charge in [0.1, 0.15) is 5.82 Å². The minimum atomic E-state index is -0.439. The monoisotopic (exact) mass is 511 g/mol. The van der Waals surface area contributed by atoms with E-state index < -0.39 is 5.97 Å². The molecule has 0 N–H and O–H groups in total. The molecule has 1 aliphatic carbocycles. The number of rotatable bonds is 7. The highest BCUT2D eigenvalue weighted by Crippen LogP contribution is 2.43. The molecule has 1 saturated heterocycles. The first-order valence-electron chi connectivity index (χ1n) is 13.6. The molecule has 1 saturated carbocycles. The highest BCUT2D eigenvalue weighted by Gasteiger charge is 2.30. The minimum Gasteiger partial charge on any atom is -0.461 e. The molecule has 6 rings (SSSR count). The zero-order chi connectivity index (χ0) is 26.1. The molecule has 1 aromatic carbocycles. The number of carbonyl (C=O) groups is 1. The van der Waals surface area contributed by atoms with Crippen molar-refractivity contribution >= 4 is 22.8 Å². The van der Waals surface area contributed by atoms with Crippen LogP contribution in [0.15, 0.2) is 54.7 Å². The molecule has 8 heteroatoms. The summed E-state index contributed by atoms with van der Waals surface area (Å²) in [6.45, 7) is 3.66. The largest absolute Gasteiger partial charge is 0.461 e. The first-order valence-corrected chi connectivity index (χ1v) is 13.6. The van der Waals surface area contributed by atoms with E-state index in [9.17, 15) is 4.79 Å². The van der Waals surface area contributed by atoms with Gasteiger partial charge in [0.05, 0.1) is 23.4 Å². The Hall–Kier alpha value is -3.78. The van der Waals surface area contributed by atoms with Gasteiger partial charge >= 0.3 is 5.97 Å². The zero-order valence-corrected chi connectivity index (χ0v) is 22.0. The molecule has 8 nitrogen and oxygen atoms in total. The molecular formula is C30H33N5O3. The Balaban J connectivity index is 1.50. The molecule has 0 radical (unpaired) electrons. The lowest BCUT2D eigenvalue weighted by atomic mass is 9.81. The van der Waals surface area contributed by atoms with Crippen LogP contribution in [0.3, 0.4) is 0 Å². The second-order valence-corrected chi connectivity index (χ2v) is 10.1. The maximum Gasteiger partial charge on any atom is 0.357 e. The summed E-state index contributed by atoms with van der Waals surface area (Å²) in [6.07, 6.45) is 7.30. The molecule has 4 heterocycles. The molecule has 2 fully saturated rings. The summed E-state index contributed by atoms with van der Waals surface area (Å²) >= 11 is 0. The second-order valence-electron chi connectivity index (χ2n) is 10.1. The van der Waals surface area contributed by atoms with Crippen molar-refractivity contribution in [3.8, 4) is 16.8 Å². The van der Waals surface area contributed by atoms with E-state index in [1.165, 1.54) is 6.42 Å². The van der Waals surface area contributed by atoms with Crippen molar-refractivity contribution in [3.05, 3.63) is 66.1 Å². The molecule has 0 bridgehead atoms. The van der Waals surface area contributed by atoms with Crippen molar-refractivity contribution < 1.29 is 14.3 Å². The predicted molar refractivity (Wildman–Crippen MR) is 147 cm³/mol. The molecule has 0 amide bonds. The van der Waals surface area contributed by atoms with Gasteiger partial charge in [0, 0.05) is 44.0 Å². The number of esters is 1. The molecule has 0 atom stereocenters. The minimum absolute atomic E-state index is 0.273. The van der Waals surface area contributed by atoms with Gasteiger partial charge in [-0.25, -0.2) is 19.4 Å². The Bertz CT molecular complexity index is 1420. The van der Waals surface area contributed by atoms with Crippen molar-refractivity contribution in [1.29, 1.82) is 0 Å². The molecule has 1 aliphatic heterocycles. The fourth-order valence-corrected chi connectivity index (χ4v) is 5.41. The van der Waals surface area contributed by atoms with E-state index in [4.69, 9.17) is 24.5 Å². The van der Waals surface area contributed by atoms with E-state index in [0.29, 0.717) is 17.6 Å². The number of pyridine rings is 2. The number of anilines is 1. The Labute approximate surface area is 222 Å². The lowest BCUT2D eigenvalue weighted by Crippen LogP contribution is -2.37. The Morgan fingerprint density at radius 2 is 1.89 bits per heavy atom. The summed E-state index contributed by atoms with van der Waals surface area (Å²) in [4.78, 5) is 24.8. The number of hydrogen-bond acceptors (Lipinski definition) is 7. The lowest BCUT2D eigenvalue weighted by Gasteiger charge is -2.32. The molecule has 196 valence electrons. The van der Waals surface area contributed by atoms with Crippen LogP contribution in [0.25, 0.3) is 27.8 Å². The maximum absolute atomic E-state index is 12.9. The van der Waals surface area contributed by atoms with E-state index in [1.807, 2.05) is 47.3 Å². The number of hydrogen-bond donors (Lipinski definition) is 0. The van der Waals surface area contributed by atoms with Crippen LogP contribution in [0.2, 0.25) is 0 Å². The van der Waals surface area contributed by atoms with Gasteiger partial charge in [-0.05, 0) is 68.5 Å². The Morgan fingerprint density at radius 3 is 2.55 bits per heavy atom. The zero-order valence-electron chi connectivity index (χ0n) is 22.0. The van der Waals surface area contributed by atoms with Gasteiger partial charge in [0.25, 0.3) is 0 Å². The van der Waals surface area contributed by atoms with Crippen LogP contribution < -0.4 is 4.90 Å². The summed E-state index contributed by atoms with van der Waals surface area (Å²) < 4.78 is 12.8. The standard InChI is InChI=1S/C30H33N5O3/c1-3-38-30(36)25-18-24(21-12-13-26(31-19-21)34(2)22-14-16-37-17-15-22)27-28(20-8-7-9-20)33-35(29(27)32-25)23-10-5-4-6-11-23/h4-6,10-13,18-20,22H,3,7-9,14-17H2,1-2H3. The third-order valence-electron chi connectivity index (χ3n) is 7.80. The van der Waals surface area contributed by atoms with Crippen LogP contribution in [0.5, 0.6) is 0 Å². The average molecular weight is 512 g/mol. The van der Waals surface area contributed by atoms with Gasteiger partial charge in [0.15, 0.2) is 11.3 Å². The number of carbonyl (C=O) groups excluding carboxylic acids is 1. The van der Waals surface area contributed by atoms with E-state index >= 15 is 0 Å². The van der Waals surface area contributed by atoms with Gasteiger partial charge in [-0.2, -0.15) is 5.10 Å². The fraction of sp³-hybridized carbons (Fsp3) is 0.400. The number of benzene rings is 1. The summed E-state index contributed by atoms with van der Waals surface area (Å²) in [5, 5.41) is 6.07. The van der Waals surface area contributed by atoms with Gasteiger partial charge in [-0.15, -0.1) is 0 Å². The second kappa shape index (κ2) is 10.5. The summed E-state index contributed by atoms with van der Waals surface area (Å²) in [5.74, 6) is 0.865. The normalized spacial score (nSPS) is 16.4. The van der Waals surface area contributed by atoms with Crippen LogP contribution >= 0.6 is 0 Å². The molecule has 0 unspecified atom stereocenters. The molecule has 4 aromatic rings. The molecule has 0 spiro atoms. The SMILES string of the molecule is CCOC(=O)c1cc(-c2ccc(N(C)C3CCOCC3)nc2)c2c(C3CCC3)nn(-c3ccccc3)c2n1. The number of ether oxygens (including phenoxy) is 2. The highest BCUT2D eigenvalue weighted by molar-refractivity contribution is 6.00. The van der Waals surface area contributed by atoms with E-state index in [-0.39, 0.29) is 12.3 Å². The molecular weight excluding hydrogens is 478 g/mol. The van der Waals surface area contributed by atoms with Crippen molar-refractivity contribution in [2.75, 3.05) is 31.8 Å². The van der Waals surface area contributed by atoms with Crippen LogP contribution in [0.4, 0.5) is 5.82 Å². The molecule has 2 aliphatic rings. The van der Waals surface area contributed by atoms with E-state index in [2.05, 4.69) is 24.1 Å². The highest BCUT2D eigenvalue weighted by atomic mass is 16.5. The quantitative estimate of drug-likeness (QED) is 0.301. The number of para-hydroxylation sites is 1. The van der Waals surface area contributed by atoms with Crippen LogP contribution in [0.1, 0.15) is 61.1 Å². The van der Waals surface area contributed by atoms with E-state index in [0.717, 1.165) is 72.6 Å². The lowest BCUT2D eigenvalue weighted by molar-refractivity contribution is 0.0520. The smallest absolute Gasteiger partial charge is 0.357 e. The van der Waals surface area contributed by atoms with Gasteiger partial charge in [0.2, 0.25) is 0 Å². The van der Waals surface area contributed by atoms with Gasteiger partial charge < -0.3 is 14.4 Å². The van der Waals surface area contributed by atoms with Crippen LogP contribution in [-0.2, 0) is 9.47 Å².